The van der Waals surface area contributed by atoms with Crippen LogP contribution in [-0.2, 0) is 0 Å². The molecule has 2 aromatic rings. The van der Waals surface area contributed by atoms with Crippen LogP contribution in [0.2, 0.25) is 0 Å². The maximum absolute atomic E-state index is 12.6. The highest BCUT2D eigenvalue weighted by atomic mass is 16.5. The second kappa shape index (κ2) is 10.7. The third-order valence-corrected chi connectivity index (χ3v) is 4.13. The van der Waals surface area contributed by atoms with Crippen molar-refractivity contribution in [1.29, 1.82) is 0 Å². The summed E-state index contributed by atoms with van der Waals surface area (Å²) >= 11 is 0. The summed E-state index contributed by atoms with van der Waals surface area (Å²) in [6.07, 6.45) is 4.46. The van der Waals surface area contributed by atoms with Crippen LogP contribution in [0.15, 0.2) is 42.5 Å². The Hall–Kier alpha value is -2.75. The molecule has 29 heavy (non-hydrogen) atoms. The van der Waals surface area contributed by atoms with E-state index in [2.05, 4.69) is 6.92 Å². The summed E-state index contributed by atoms with van der Waals surface area (Å²) in [5.41, 5.74) is 2.49. The van der Waals surface area contributed by atoms with Crippen molar-refractivity contribution in [3.63, 3.8) is 0 Å². The minimum absolute atomic E-state index is 0.0508. The molecule has 0 saturated carbocycles. The first-order chi connectivity index (χ1) is 13.8. The van der Waals surface area contributed by atoms with E-state index in [-0.39, 0.29) is 18.0 Å². The Morgan fingerprint density at radius 1 is 0.966 bits per heavy atom. The third kappa shape index (κ3) is 6.97. The number of ketones is 1. The number of allylic oxidation sites excluding steroid dienone is 1. The largest absolute Gasteiger partial charge is 0.494 e. The van der Waals surface area contributed by atoms with Crippen molar-refractivity contribution in [1.82, 2.24) is 0 Å². The molecule has 156 valence electrons. The third-order valence-electron chi connectivity index (χ3n) is 4.13. The van der Waals surface area contributed by atoms with Gasteiger partial charge in [-0.05, 0) is 88.6 Å². The van der Waals surface area contributed by atoms with Crippen LogP contribution in [0.5, 0.6) is 17.2 Å². The van der Waals surface area contributed by atoms with Gasteiger partial charge in [-0.1, -0.05) is 13.0 Å². The van der Waals surface area contributed by atoms with E-state index in [1.807, 2.05) is 65.0 Å². The van der Waals surface area contributed by atoms with Gasteiger partial charge < -0.3 is 14.2 Å². The van der Waals surface area contributed by atoms with Crippen molar-refractivity contribution in [2.45, 2.75) is 60.2 Å². The molecule has 0 aliphatic rings. The maximum Gasteiger partial charge on any atom is 0.185 e. The first kappa shape index (κ1) is 22.5. The summed E-state index contributed by atoms with van der Waals surface area (Å²) in [5.74, 6) is 2.21. The van der Waals surface area contributed by atoms with E-state index in [0.29, 0.717) is 12.2 Å². The zero-order valence-corrected chi connectivity index (χ0v) is 18.3. The molecule has 0 aliphatic heterocycles. The lowest BCUT2D eigenvalue weighted by Gasteiger charge is -2.17. The smallest absolute Gasteiger partial charge is 0.185 e. The Morgan fingerprint density at radius 3 is 2.21 bits per heavy atom. The van der Waals surface area contributed by atoms with Gasteiger partial charge in [0.25, 0.3) is 0 Å². The average molecular weight is 397 g/mol. The summed E-state index contributed by atoms with van der Waals surface area (Å²) in [7, 11) is 0. The minimum atomic E-state index is -0.0621. The van der Waals surface area contributed by atoms with E-state index >= 15 is 0 Å². The molecule has 0 radical (unpaired) electrons. The summed E-state index contributed by atoms with van der Waals surface area (Å²) in [5, 5.41) is 0. The molecule has 0 spiro atoms. The molecule has 0 atom stereocenters. The summed E-state index contributed by atoms with van der Waals surface area (Å²) in [4.78, 5) is 12.6. The number of hydrogen-bond acceptors (Lipinski definition) is 4. The van der Waals surface area contributed by atoms with Crippen molar-refractivity contribution < 1.29 is 19.0 Å². The molecule has 0 aromatic heterocycles. The highest BCUT2D eigenvalue weighted by Crippen LogP contribution is 2.30. The number of benzene rings is 2. The number of ether oxygens (including phenoxy) is 3. The molecular formula is C25H32O4. The normalized spacial score (nSPS) is 11.3. The Balaban J connectivity index is 2.24. The summed E-state index contributed by atoms with van der Waals surface area (Å²) in [6.45, 7) is 12.7. The predicted octanol–water partition coefficient (Wildman–Crippen LogP) is 6.25. The number of rotatable bonds is 10. The molecule has 0 unspecified atom stereocenters. The fourth-order valence-corrected chi connectivity index (χ4v) is 2.77. The van der Waals surface area contributed by atoms with Gasteiger partial charge in [0.2, 0.25) is 0 Å². The van der Waals surface area contributed by atoms with Crippen molar-refractivity contribution >= 4 is 11.9 Å². The minimum Gasteiger partial charge on any atom is -0.494 e. The van der Waals surface area contributed by atoms with Gasteiger partial charge in [0, 0.05) is 11.6 Å². The first-order valence-electron chi connectivity index (χ1n) is 10.2. The van der Waals surface area contributed by atoms with Gasteiger partial charge in [-0.25, -0.2) is 0 Å². The Bertz CT molecular complexity index is 833. The lowest BCUT2D eigenvalue weighted by molar-refractivity contribution is 0.104. The van der Waals surface area contributed by atoms with Crippen LogP contribution in [0.4, 0.5) is 0 Å². The molecule has 4 heteroatoms. The Morgan fingerprint density at radius 2 is 1.62 bits per heavy atom. The molecule has 2 aromatic carbocycles. The standard InChI is InChI=1S/C25H32O4/c1-7-14-27-22-11-8-20(9-12-22)24(26)13-10-21-15-23(28-17(2)3)16-25(19(21)6)29-18(4)5/h8-13,15-18H,7,14H2,1-6H3. The second-order valence-corrected chi connectivity index (χ2v) is 7.54. The van der Waals surface area contributed by atoms with Crippen LogP contribution in [0.3, 0.4) is 0 Å². The zero-order chi connectivity index (χ0) is 21.4. The lowest BCUT2D eigenvalue weighted by atomic mass is 10.0. The fourth-order valence-electron chi connectivity index (χ4n) is 2.77. The predicted molar refractivity (Wildman–Crippen MR) is 118 cm³/mol. The molecule has 0 N–H and O–H groups in total. The first-order valence-corrected chi connectivity index (χ1v) is 10.2. The molecule has 0 fully saturated rings. The molecule has 4 nitrogen and oxygen atoms in total. The monoisotopic (exact) mass is 396 g/mol. The molecular weight excluding hydrogens is 364 g/mol. The van der Waals surface area contributed by atoms with E-state index in [0.717, 1.165) is 34.8 Å². The van der Waals surface area contributed by atoms with Crippen molar-refractivity contribution in [2.24, 2.45) is 0 Å². The van der Waals surface area contributed by atoms with Crippen LogP contribution >= 0.6 is 0 Å². The fraction of sp³-hybridized carbons (Fsp3) is 0.400. The Labute approximate surface area is 174 Å². The van der Waals surface area contributed by atoms with E-state index in [4.69, 9.17) is 14.2 Å². The number of hydrogen-bond donors (Lipinski definition) is 0. The van der Waals surface area contributed by atoms with E-state index in [1.165, 1.54) is 0 Å². The molecule has 0 aliphatic carbocycles. The van der Waals surface area contributed by atoms with Gasteiger partial charge in [-0.15, -0.1) is 0 Å². The van der Waals surface area contributed by atoms with Crippen LogP contribution < -0.4 is 14.2 Å². The van der Waals surface area contributed by atoms with Crippen molar-refractivity contribution in [2.75, 3.05) is 6.61 Å². The molecule has 0 saturated heterocycles. The van der Waals surface area contributed by atoms with Crippen LogP contribution in [0.1, 0.15) is 62.5 Å². The molecule has 0 amide bonds. The maximum atomic E-state index is 12.6. The van der Waals surface area contributed by atoms with Crippen molar-refractivity contribution in [3.8, 4) is 17.2 Å². The lowest BCUT2D eigenvalue weighted by Crippen LogP contribution is -2.09. The van der Waals surface area contributed by atoms with Crippen LogP contribution in [0, 0.1) is 6.92 Å². The highest BCUT2D eigenvalue weighted by Gasteiger charge is 2.11. The van der Waals surface area contributed by atoms with Gasteiger partial charge in [0.1, 0.15) is 17.2 Å². The highest BCUT2D eigenvalue weighted by molar-refractivity contribution is 6.07. The zero-order valence-electron chi connectivity index (χ0n) is 18.3. The summed E-state index contributed by atoms with van der Waals surface area (Å²) in [6, 6.07) is 11.1. The summed E-state index contributed by atoms with van der Waals surface area (Å²) < 4.78 is 17.4. The molecule has 0 heterocycles. The van der Waals surface area contributed by atoms with Crippen molar-refractivity contribution in [3.05, 3.63) is 59.2 Å². The average Bonchev–Trinajstić information content (AvgIpc) is 2.67. The van der Waals surface area contributed by atoms with Gasteiger partial charge >= 0.3 is 0 Å². The van der Waals surface area contributed by atoms with Crippen LogP contribution in [0.25, 0.3) is 6.08 Å². The molecule has 2 rings (SSSR count). The van der Waals surface area contributed by atoms with E-state index in [1.54, 1.807) is 18.2 Å². The Kier molecular flexibility index (Phi) is 8.32. The quantitative estimate of drug-likeness (QED) is 0.351. The second-order valence-electron chi connectivity index (χ2n) is 7.54. The SMILES string of the molecule is CCCOc1ccc(C(=O)C=Cc2cc(OC(C)C)cc(OC(C)C)c2C)cc1. The topological polar surface area (TPSA) is 44.8 Å². The number of carbonyl (C=O) groups is 1. The van der Waals surface area contributed by atoms with E-state index < -0.39 is 0 Å². The van der Waals surface area contributed by atoms with Gasteiger partial charge in [0.05, 0.1) is 18.8 Å². The van der Waals surface area contributed by atoms with Gasteiger partial charge in [-0.2, -0.15) is 0 Å². The molecule has 0 bridgehead atoms. The number of carbonyl (C=O) groups excluding carboxylic acids is 1. The van der Waals surface area contributed by atoms with Gasteiger partial charge in [0.15, 0.2) is 5.78 Å². The van der Waals surface area contributed by atoms with Crippen LogP contribution in [-0.4, -0.2) is 24.6 Å². The van der Waals surface area contributed by atoms with Gasteiger partial charge in [-0.3, -0.25) is 4.79 Å². The van der Waals surface area contributed by atoms with E-state index in [9.17, 15) is 4.79 Å².